The highest BCUT2D eigenvalue weighted by atomic mass is 32.2. The average molecular weight is 278 g/mol. The summed E-state index contributed by atoms with van der Waals surface area (Å²) < 4.78 is 25.5. The normalized spacial score (nSPS) is 25.9. The molecule has 0 spiro atoms. The molecule has 6 heteroatoms. The molecule has 0 aromatic carbocycles. The van der Waals surface area contributed by atoms with Crippen molar-refractivity contribution in [3.05, 3.63) is 0 Å². The number of hydrogen-bond acceptors (Lipinski definition) is 4. The Bertz CT molecular complexity index is 367. The zero-order valence-corrected chi connectivity index (χ0v) is 12.7. The lowest BCUT2D eigenvalue weighted by Gasteiger charge is -2.28. The summed E-state index contributed by atoms with van der Waals surface area (Å²) >= 11 is 0. The molecule has 108 valence electrons. The van der Waals surface area contributed by atoms with Crippen LogP contribution in [0.1, 0.15) is 33.6 Å². The third kappa shape index (κ3) is 4.84. The molecule has 0 aromatic heterocycles. The maximum atomic E-state index is 12.1. The van der Waals surface area contributed by atoms with E-state index in [0.717, 1.165) is 6.54 Å². The quantitative estimate of drug-likeness (QED) is 0.764. The molecule has 0 saturated carbocycles. The van der Waals surface area contributed by atoms with Gasteiger partial charge in [-0.3, -0.25) is 0 Å². The van der Waals surface area contributed by atoms with Crippen molar-refractivity contribution < 1.29 is 13.5 Å². The molecule has 1 fully saturated rings. The first kappa shape index (κ1) is 15.9. The van der Waals surface area contributed by atoms with Crippen LogP contribution >= 0.6 is 0 Å². The number of nitrogens with one attached hydrogen (secondary N) is 1. The molecule has 1 atom stereocenters. The lowest BCUT2D eigenvalue weighted by atomic mass is 9.94. The summed E-state index contributed by atoms with van der Waals surface area (Å²) in [5.41, 5.74) is -0.913. The van der Waals surface area contributed by atoms with Crippen molar-refractivity contribution in [3.63, 3.8) is 0 Å². The molecule has 1 aliphatic heterocycles. The van der Waals surface area contributed by atoms with Gasteiger partial charge >= 0.3 is 0 Å². The van der Waals surface area contributed by atoms with Crippen molar-refractivity contribution in [1.82, 2.24) is 9.62 Å². The Morgan fingerprint density at radius 1 is 1.39 bits per heavy atom. The van der Waals surface area contributed by atoms with Crippen LogP contribution < -0.4 is 5.32 Å². The second kappa shape index (κ2) is 5.45. The molecule has 18 heavy (non-hydrogen) atoms. The number of nitrogens with zero attached hydrogens (tertiary/aromatic N) is 1. The van der Waals surface area contributed by atoms with E-state index in [1.165, 1.54) is 4.31 Å². The molecule has 0 radical (unpaired) electrons. The highest BCUT2D eigenvalue weighted by molar-refractivity contribution is 7.89. The Morgan fingerprint density at radius 2 is 2.00 bits per heavy atom. The van der Waals surface area contributed by atoms with Crippen LogP contribution in [0.15, 0.2) is 0 Å². The van der Waals surface area contributed by atoms with E-state index in [2.05, 4.69) is 5.32 Å². The van der Waals surface area contributed by atoms with E-state index >= 15 is 0 Å². The van der Waals surface area contributed by atoms with Crippen LogP contribution in [0.2, 0.25) is 0 Å². The van der Waals surface area contributed by atoms with Crippen molar-refractivity contribution in [2.75, 3.05) is 32.4 Å². The molecule has 5 nitrogen and oxygen atoms in total. The summed E-state index contributed by atoms with van der Waals surface area (Å²) in [4.78, 5) is 0. The lowest BCUT2D eigenvalue weighted by Crippen LogP contribution is -2.46. The molecule has 0 bridgehead atoms. The Hall–Kier alpha value is -0.170. The smallest absolute Gasteiger partial charge is 0.213 e. The second-order valence-corrected chi connectivity index (χ2v) is 8.73. The Morgan fingerprint density at radius 3 is 2.44 bits per heavy atom. The number of sulfonamides is 1. The first-order valence-corrected chi connectivity index (χ1v) is 8.02. The van der Waals surface area contributed by atoms with E-state index < -0.39 is 15.6 Å². The van der Waals surface area contributed by atoms with Gasteiger partial charge in [-0.25, -0.2) is 12.7 Å². The third-order valence-corrected chi connectivity index (χ3v) is 5.12. The maximum Gasteiger partial charge on any atom is 0.213 e. The second-order valence-electron chi connectivity index (χ2n) is 6.53. The van der Waals surface area contributed by atoms with Crippen molar-refractivity contribution >= 4 is 10.0 Å². The number of likely N-dealkylation sites (N-methyl/N-ethyl adjacent to an activating group) is 1. The minimum absolute atomic E-state index is 0.000272. The monoisotopic (exact) mass is 278 g/mol. The van der Waals surface area contributed by atoms with Crippen LogP contribution in [-0.4, -0.2) is 55.9 Å². The lowest BCUT2D eigenvalue weighted by molar-refractivity contribution is 0.0462. The zero-order valence-electron chi connectivity index (χ0n) is 11.9. The molecular weight excluding hydrogens is 252 g/mol. The van der Waals surface area contributed by atoms with Crippen molar-refractivity contribution in [2.45, 2.75) is 39.2 Å². The predicted octanol–water partition coefficient (Wildman–Crippen LogP) is 0.409. The molecule has 0 aliphatic carbocycles. The minimum Gasteiger partial charge on any atom is -0.387 e. The van der Waals surface area contributed by atoms with Gasteiger partial charge in [-0.15, -0.1) is 0 Å². The number of rotatable bonds is 5. The van der Waals surface area contributed by atoms with Crippen molar-refractivity contribution in [2.24, 2.45) is 5.41 Å². The molecule has 0 amide bonds. The molecule has 2 N–H and O–H groups in total. The van der Waals surface area contributed by atoms with E-state index in [-0.39, 0.29) is 17.7 Å². The third-order valence-electron chi connectivity index (χ3n) is 3.32. The van der Waals surface area contributed by atoms with Crippen LogP contribution in [0, 0.1) is 5.41 Å². The molecule has 0 aromatic rings. The summed E-state index contributed by atoms with van der Waals surface area (Å²) in [6, 6.07) is 0. The standard InChI is InChI=1S/C12H26N2O3S/c1-11(2,3)6-8-18(16,17)14(4)10-12(15)5-7-13-9-12/h13,15H,5-10H2,1-4H3. The largest absolute Gasteiger partial charge is 0.387 e. The first-order valence-electron chi connectivity index (χ1n) is 6.41. The van der Waals surface area contributed by atoms with Gasteiger partial charge in [0, 0.05) is 20.1 Å². The predicted molar refractivity (Wildman–Crippen MR) is 72.9 cm³/mol. The summed E-state index contributed by atoms with van der Waals surface area (Å²) in [6.45, 7) is 7.45. The summed E-state index contributed by atoms with van der Waals surface area (Å²) in [6.07, 6.45) is 1.22. The Labute approximate surface area is 111 Å². The van der Waals surface area contributed by atoms with E-state index in [1.807, 2.05) is 20.8 Å². The fraction of sp³-hybridized carbons (Fsp3) is 1.00. The highest BCUT2D eigenvalue weighted by Gasteiger charge is 2.35. The van der Waals surface area contributed by atoms with E-state index in [0.29, 0.717) is 19.4 Å². The van der Waals surface area contributed by atoms with E-state index in [9.17, 15) is 13.5 Å². The van der Waals surface area contributed by atoms with Crippen LogP contribution in [0.3, 0.4) is 0 Å². The van der Waals surface area contributed by atoms with Gasteiger partial charge in [0.1, 0.15) is 0 Å². The SMILES string of the molecule is CN(CC1(O)CCNC1)S(=O)(=O)CCC(C)(C)C. The highest BCUT2D eigenvalue weighted by Crippen LogP contribution is 2.22. The van der Waals surface area contributed by atoms with Crippen LogP contribution in [0.25, 0.3) is 0 Å². The van der Waals surface area contributed by atoms with Crippen molar-refractivity contribution in [3.8, 4) is 0 Å². The molecule has 1 aliphatic rings. The topological polar surface area (TPSA) is 69.6 Å². The Kier molecular flexibility index (Phi) is 4.81. The number of β-amino-alcohol motifs (C(OH)–C–C–N with tert-alkyl or cyclic N) is 1. The van der Waals surface area contributed by atoms with E-state index in [1.54, 1.807) is 7.05 Å². The van der Waals surface area contributed by atoms with Gasteiger partial charge in [-0.2, -0.15) is 0 Å². The summed E-state index contributed by atoms with van der Waals surface area (Å²) in [7, 11) is -1.72. The zero-order chi connectivity index (χ0) is 14.0. The van der Waals surface area contributed by atoms with Crippen LogP contribution in [0.4, 0.5) is 0 Å². The van der Waals surface area contributed by atoms with Gasteiger partial charge in [0.15, 0.2) is 0 Å². The molecule has 1 rings (SSSR count). The van der Waals surface area contributed by atoms with Gasteiger partial charge in [0.2, 0.25) is 10.0 Å². The minimum atomic E-state index is -3.27. The van der Waals surface area contributed by atoms with Crippen LogP contribution in [-0.2, 0) is 10.0 Å². The number of hydrogen-bond donors (Lipinski definition) is 2. The Balaban J connectivity index is 2.56. The summed E-state index contributed by atoms with van der Waals surface area (Å²) in [5, 5.41) is 13.2. The van der Waals surface area contributed by atoms with Gasteiger partial charge in [-0.1, -0.05) is 20.8 Å². The molecule has 1 unspecified atom stereocenters. The fourth-order valence-corrected chi connectivity index (χ4v) is 3.59. The molecule has 1 heterocycles. The average Bonchev–Trinajstić information content (AvgIpc) is 2.61. The fourth-order valence-electron chi connectivity index (χ4n) is 1.97. The maximum absolute atomic E-state index is 12.1. The van der Waals surface area contributed by atoms with Gasteiger partial charge in [0.05, 0.1) is 11.4 Å². The first-order chi connectivity index (χ1) is 8.04. The number of aliphatic hydroxyl groups is 1. The molecular formula is C12H26N2O3S. The van der Waals surface area contributed by atoms with Gasteiger partial charge in [-0.05, 0) is 24.8 Å². The van der Waals surface area contributed by atoms with E-state index in [4.69, 9.17) is 0 Å². The van der Waals surface area contributed by atoms with Gasteiger partial charge < -0.3 is 10.4 Å². The van der Waals surface area contributed by atoms with Gasteiger partial charge in [0.25, 0.3) is 0 Å². The molecule has 1 saturated heterocycles. The van der Waals surface area contributed by atoms with Crippen molar-refractivity contribution in [1.29, 1.82) is 0 Å². The van der Waals surface area contributed by atoms with Crippen LogP contribution in [0.5, 0.6) is 0 Å². The summed E-state index contributed by atoms with van der Waals surface area (Å²) in [5.74, 6) is 0.135.